The van der Waals surface area contributed by atoms with Crippen molar-refractivity contribution in [3.63, 3.8) is 0 Å². The molecule has 0 aromatic heterocycles. The third kappa shape index (κ3) is 2.66. The highest BCUT2D eigenvalue weighted by Gasteiger charge is 2.58. The van der Waals surface area contributed by atoms with Crippen LogP contribution in [0.1, 0.15) is 10.4 Å². The maximum absolute atomic E-state index is 12.6. The van der Waals surface area contributed by atoms with Gasteiger partial charge in [-0.25, -0.2) is 4.79 Å². The molecule has 2 aliphatic rings. The molecule has 1 fully saturated rings. The van der Waals surface area contributed by atoms with Crippen LogP contribution in [0.5, 0.6) is 0 Å². The summed E-state index contributed by atoms with van der Waals surface area (Å²) in [6, 6.07) is 5.93. The lowest BCUT2D eigenvalue weighted by molar-refractivity contribution is -0.146. The second-order valence-corrected chi connectivity index (χ2v) is 7.11. The van der Waals surface area contributed by atoms with Crippen LogP contribution in [0, 0.1) is 11.8 Å². The Hall–Kier alpha value is -1.71. The van der Waals surface area contributed by atoms with Crippen LogP contribution in [0.25, 0.3) is 0 Å². The van der Waals surface area contributed by atoms with E-state index in [0.29, 0.717) is 8.96 Å². The van der Waals surface area contributed by atoms with Gasteiger partial charge in [0.05, 0.1) is 17.2 Å². The van der Waals surface area contributed by atoms with Crippen molar-refractivity contribution in [1.82, 2.24) is 0 Å². The molecule has 1 amide bonds. The number of hydrogen-bond acceptors (Lipinski definition) is 4. The first-order valence-electron chi connectivity index (χ1n) is 6.89. The van der Waals surface area contributed by atoms with E-state index in [4.69, 9.17) is 4.74 Å². The molecule has 126 valence electrons. The van der Waals surface area contributed by atoms with Crippen molar-refractivity contribution in [2.45, 2.75) is 12.2 Å². The van der Waals surface area contributed by atoms with Crippen LogP contribution in [0.4, 0.5) is 5.69 Å². The Morgan fingerprint density at radius 1 is 1.00 bits per heavy atom. The molecule has 3 rings (SSSR count). The number of anilines is 1. The summed E-state index contributed by atoms with van der Waals surface area (Å²) in [6.07, 6.45) is -1.46. The number of hydrogen-bond donors (Lipinski definition) is 3. The van der Waals surface area contributed by atoms with E-state index in [-0.39, 0.29) is 11.3 Å². The topological polar surface area (TPSA) is 113 Å². The van der Waals surface area contributed by atoms with Gasteiger partial charge in [0.2, 0.25) is 5.91 Å². The van der Waals surface area contributed by atoms with Crippen molar-refractivity contribution in [3.05, 3.63) is 38.8 Å². The van der Waals surface area contributed by atoms with Gasteiger partial charge < -0.3 is 20.3 Å². The Balaban J connectivity index is 1.91. The number of para-hydroxylation sites is 1. The number of fused-ring (bicyclic) bond motifs is 2. The van der Waals surface area contributed by atoms with Gasteiger partial charge in [-0.1, -0.05) is 44.0 Å². The predicted octanol–water partition coefficient (Wildman–Crippen LogP) is 2.42. The second-order valence-electron chi connectivity index (χ2n) is 5.40. The van der Waals surface area contributed by atoms with Crippen molar-refractivity contribution in [3.8, 4) is 0 Å². The fourth-order valence-electron chi connectivity index (χ4n) is 2.99. The van der Waals surface area contributed by atoms with Crippen molar-refractivity contribution < 1.29 is 29.3 Å². The van der Waals surface area contributed by atoms with Gasteiger partial charge in [0.25, 0.3) is 0 Å². The zero-order valence-electron chi connectivity index (χ0n) is 11.9. The second kappa shape index (κ2) is 6.30. The monoisotopic (exact) mass is 459 g/mol. The molecule has 2 aliphatic heterocycles. The number of carbonyl (C=O) groups is 3. The maximum Gasteiger partial charge on any atom is 0.337 e. The van der Waals surface area contributed by atoms with Crippen LogP contribution in [0.2, 0.25) is 0 Å². The number of aromatic carboxylic acids is 1. The third-order valence-corrected chi connectivity index (χ3v) is 6.35. The van der Waals surface area contributed by atoms with Gasteiger partial charge >= 0.3 is 11.9 Å². The molecule has 7 nitrogen and oxygen atoms in total. The summed E-state index contributed by atoms with van der Waals surface area (Å²) in [6.45, 7) is 0. The fraction of sp³-hybridized carbons (Fsp3) is 0.267. The molecule has 0 aliphatic carbocycles. The molecular formula is C15H11Br2NO6. The molecule has 24 heavy (non-hydrogen) atoms. The summed E-state index contributed by atoms with van der Waals surface area (Å²) in [7, 11) is 0. The van der Waals surface area contributed by atoms with E-state index in [9.17, 15) is 24.6 Å². The summed E-state index contributed by atoms with van der Waals surface area (Å²) in [5.41, 5.74) is 0.0404. The van der Waals surface area contributed by atoms with Gasteiger partial charge in [-0.05, 0) is 12.1 Å². The average Bonchev–Trinajstić information content (AvgIpc) is 3.05. The lowest BCUT2D eigenvalue weighted by atomic mass is 9.82. The van der Waals surface area contributed by atoms with Gasteiger partial charge in [0.1, 0.15) is 18.1 Å². The molecule has 4 atom stereocenters. The van der Waals surface area contributed by atoms with E-state index in [1.165, 1.54) is 18.2 Å². The van der Waals surface area contributed by atoms with Crippen LogP contribution < -0.4 is 5.32 Å². The molecule has 1 aromatic carbocycles. The lowest BCUT2D eigenvalue weighted by Gasteiger charge is -2.24. The Kier molecular flexibility index (Phi) is 4.50. The van der Waals surface area contributed by atoms with E-state index < -0.39 is 41.9 Å². The number of halogens is 2. The molecule has 1 aromatic rings. The van der Waals surface area contributed by atoms with E-state index in [1.54, 1.807) is 6.07 Å². The van der Waals surface area contributed by atoms with Crippen LogP contribution >= 0.6 is 31.9 Å². The molecule has 2 bridgehead atoms. The zero-order valence-corrected chi connectivity index (χ0v) is 15.1. The third-order valence-electron chi connectivity index (χ3n) is 4.06. The minimum absolute atomic E-state index is 0.0717. The highest BCUT2D eigenvalue weighted by molar-refractivity contribution is 9.14. The first-order valence-corrected chi connectivity index (χ1v) is 8.48. The first kappa shape index (κ1) is 17.1. The Morgan fingerprint density at radius 2 is 1.58 bits per heavy atom. The highest BCUT2D eigenvalue weighted by Crippen LogP contribution is 2.51. The average molecular weight is 461 g/mol. The minimum Gasteiger partial charge on any atom is -0.481 e. The molecule has 0 spiro atoms. The number of ether oxygens (including phenoxy) is 1. The number of carboxylic acids is 2. The van der Waals surface area contributed by atoms with E-state index in [0.717, 1.165) is 0 Å². The van der Waals surface area contributed by atoms with E-state index in [1.807, 2.05) is 0 Å². The molecule has 1 saturated heterocycles. The van der Waals surface area contributed by atoms with Crippen LogP contribution in [0.15, 0.2) is 33.2 Å². The summed E-state index contributed by atoms with van der Waals surface area (Å²) < 4.78 is 6.77. The van der Waals surface area contributed by atoms with Crippen LogP contribution in [0.3, 0.4) is 0 Å². The Morgan fingerprint density at radius 3 is 2.17 bits per heavy atom. The number of amides is 1. The summed E-state index contributed by atoms with van der Waals surface area (Å²) in [5.74, 6) is -4.95. The lowest BCUT2D eigenvalue weighted by Crippen LogP contribution is -2.41. The summed E-state index contributed by atoms with van der Waals surface area (Å²) in [5, 5.41) is 21.1. The van der Waals surface area contributed by atoms with E-state index in [2.05, 4.69) is 37.2 Å². The van der Waals surface area contributed by atoms with Crippen LogP contribution in [-0.2, 0) is 14.3 Å². The maximum atomic E-state index is 12.6. The smallest absolute Gasteiger partial charge is 0.337 e. The summed E-state index contributed by atoms with van der Waals surface area (Å²) in [4.78, 5) is 35.4. The van der Waals surface area contributed by atoms with Crippen molar-refractivity contribution in [2.75, 3.05) is 5.32 Å². The van der Waals surface area contributed by atoms with Crippen molar-refractivity contribution >= 4 is 55.4 Å². The molecule has 4 unspecified atom stereocenters. The molecule has 0 saturated carbocycles. The van der Waals surface area contributed by atoms with Gasteiger partial charge in [-0.3, -0.25) is 9.59 Å². The number of carboxylic acid groups (broad SMARTS) is 2. The van der Waals surface area contributed by atoms with Crippen LogP contribution in [-0.4, -0.2) is 40.3 Å². The minimum atomic E-state index is -1.19. The first-order chi connectivity index (χ1) is 11.3. The Bertz CT molecular complexity index is 777. The largest absolute Gasteiger partial charge is 0.481 e. The molecular weight excluding hydrogens is 450 g/mol. The van der Waals surface area contributed by atoms with Gasteiger partial charge in [0.15, 0.2) is 0 Å². The number of aliphatic carboxylic acids is 1. The van der Waals surface area contributed by atoms with E-state index >= 15 is 0 Å². The number of carbonyl (C=O) groups excluding carboxylic acids is 1. The molecule has 3 N–H and O–H groups in total. The number of rotatable bonds is 4. The number of nitrogens with one attached hydrogen (secondary N) is 1. The quantitative estimate of drug-likeness (QED) is 0.635. The van der Waals surface area contributed by atoms with Crippen molar-refractivity contribution in [2.24, 2.45) is 11.8 Å². The standard InChI is InChI=1S/C15H11Br2NO6/c16-9-10(17)12-8(15(22)23)7(11(9)24-12)13(19)18-6-4-2-1-3-5(6)14(20)21/h1-4,7-8,11-12H,(H,18,19)(H,20,21)(H,22,23). The normalized spacial score (nSPS) is 28.1. The van der Waals surface area contributed by atoms with Gasteiger partial charge in [-0.2, -0.15) is 0 Å². The zero-order chi connectivity index (χ0) is 17.6. The predicted molar refractivity (Wildman–Crippen MR) is 90.2 cm³/mol. The Labute approximate surface area is 152 Å². The molecule has 0 radical (unpaired) electrons. The van der Waals surface area contributed by atoms with Crippen molar-refractivity contribution in [1.29, 1.82) is 0 Å². The molecule has 9 heteroatoms. The van der Waals surface area contributed by atoms with Gasteiger partial charge in [0, 0.05) is 8.96 Å². The highest BCUT2D eigenvalue weighted by atomic mass is 79.9. The number of benzene rings is 1. The SMILES string of the molecule is O=C(O)c1ccccc1NC(=O)C1C2OC(C(Br)=C2Br)C1C(=O)O. The van der Waals surface area contributed by atoms with Gasteiger partial charge in [-0.15, -0.1) is 0 Å². The fourth-order valence-corrected chi connectivity index (χ4v) is 4.23. The molecule has 2 heterocycles. The summed E-state index contributed by atoms with van der Waals surface area (Å²) >= 11 is 6.59.